The van der Waals surface area contributed by atoms with Gasteiger partial charge in [0.15, 0.2) is 15.5 Å². The van der Waals surface area contributed by atoms with Crippen LogP contribution in [-0.2, 0) is 22.8 Å². The highest BCUT2D eigenvalue weighted by atomic mass is 32.2. The highest BCUT2D eigenvalue weighted by molar-refractivity contribution is 7.92. The van der Waals surface area contributed by atoms with Crippen molar-refractivity contribution < 1.29 is 17.6 Å². The maximum absolute atomic E-state index is 12.2. The number of rotatable bonds is 7. The Morgan fingerprint density at radius 2 is 1.89 bits per heavy atom. The predicted molar refractivity (Wildman–Crippen MR) is 102 cm³/mol. The lowest BCUT2D eigenvalue weighted by Crippen LogP contribution is -2.13. The summed E-state index contributed by atoms with van der Waals surface area (Å²) < 4.78 is 31.4. The highest BCUT2D eigenvalue weighted by Gasteiger charge is 2.19. The van der Waals surface area contributed by atoms with Gasteiger partial charge in [0.25, 0.3) is 5.91 Å². The lowest BCUT2D eigenvalue weighted by molar-refractivity contribution is 0.101. The van der Waals surface area contributed by atoms with Crippen LogP contribution in [0.15, 0.2) is 45.8 Å². The van der Waals surface area contributed by atoms with E-state index in [0.717, 1.165) is 5.56 Å². The van der Waals surface area contributed by atoms with Gasteiger partial charge in [-0.3, -0.25) is 14.8 Å². The van der Waals surface area contributed by atoms with Gasteiger partial charge in [-0.2, -0.15) is 5.10 Å². The normalized spacial score (nSPS) is 11.7. The summed E-state index contributed by atoms with van der Waals surface area (Å²) in [6.07, 6.45) is 2.02. The van der Waals surface area contributed by atoms with Crippen LogP contribution in [0.3, 0.4) is 0 Å². The van der Waals surface area contributed by atoms with Crippen LogP contribution < -0.4 is 5.32 Å². The summed E-state index contributed by atoms with van der Waals surface area (Å²) in [6.45, 7) is 5.87. The van der Waals surface area contributed by atoms with Gasteiger partial charge in [0, 0.05) is 12.7 Å². The van der Waals surface area contributed by atoms with Crippen molar-refractivity contribution in [2.45, 2.75) is 43.9 Å². The fourth-order valence-corrected chi connectivity index (χ4v) is 3.50. The molecule has 28 heavy (non-hydrogen) atoms. The Morgan fingerprint density at radius 3 is 2.50 bits per heavy atom. The first-order valence-electron chi connectivity index (χ1n) is 8.79. The molecule has 1 aromatic carbocycles. The van der Waals surface area contributed by atoms with Crippen molar-refractivity contribution in [2.75, 3.05) is 5.32 Å². The highest BCUT2D eigenvalue weighted by Crippen LogP contribution is 2.18. The predicted octanol–water partition coefficient (Wildman–Crippen LogP) is 2.31. The van der Waals surface area contributed by atoms with Gasteiger partial charge >= 0.3 is 6.01 Å². The van der Waals surface area contributed by atoms with Gasteiger partial charge in [-0.1, -0.05) is 17.2 Å². The number of nitrogens with zero attached hydrogens (tertiary/aromatic N) is 4. The van der Waals surface area contributed by atoms with Gasteiger partial charge in [0.05, 0.1) is 16.6 Å². The van der Waals surface area contributed by atoms with Crippen molar-refractivity contribution in [1.82, 2.24) is 20.0 Å². The fraction of sp³-hybridized carbons (Fsp3) is 0.333. The zero-order chi connectivity index (χ0) is 20.3. The van der Waals surface area contributed by atoms with Crippen LogP contribution in [0, 0.1) is 0 Å². The number of anilines is 1. The zero-order valence-corrected chi connectivity index (χ0v) is 16.6. The largest absolute Gasteiger partial charge is 0.407 e. The van der Waals surface area contributed by atoms with Gasteiger partial charge in [-0.15, -0.1) is 5.10 Å². The smallest absolute Gasteiger partial charge is 0.322 e. The van der Waals surface area contributed by atoms with E-state index in [1.807, 2.05) is 6.92 Å². The second-order valence-electron chi connectivity index (χ2n) is 6.43. The number of carbonyl (C=O) groups excluding carboxylic acids is 1. The van der Waals surface area contributed by atoms with Crippen LogP contribution in [0.25, 0.3) is 0 Å². The van der Waals surface area contributed by atoms with Crippen LogP contribution in [0.1, 0.15) is 42.7 Å². The third-order valence-corrected chi connectivity index (χ3v) is 6.28. The number of aryl methyl sites for hydroxylation is 1. The molecule has 3 aromatic rings. The lowest BCUT2D eigenvalue weighted by atomic mass is 10.1. The van der Waals surface area contributed by atoms with E-state index in [1.165, 1.54) is 0 Å². The Morgan fingerprint density at radius 1 is 1.18 bits per heavy atom. The maximum atomic E-state index is 12.2. The molecule has 0 atom stereocenters. The number of benzene rings is 1. The molecule has 148 valence electrons. The SMILES string of the molecule is CCn1ccc(C(=O)Nc2nnc(Cc3ccc(S(=O)(=O)C(C)C)cc3)o2)n1. The van der Waals surface area contributed by atoms with Gasteiger partial charge in [-0.05, 0) is 44.5 Å². The molecule has 0 aliphatic carbocycles. The van der Waals surface area contributed by atoms with Crippen LogP contribution in [0.5, 0.6) is 0 Å². The molecular formula is C18H21N5O4S. The van der Waals surface area contributed by atoms with Gasteiger partial charge < -0.3 is 4.42 Å². The molecule has 0 spiro atoms. The molecule has 0 saturated carbocycles. The Hall–Kier alpha value is -3.01. The molecule has 9 nitrogen and oxygen atoms in total. The molecule has 1 amide bonds. The molecule has 10 heteroatoms. The summed E-state index contributed by atoms with van der Waals surface area (Å²) in [4.78, 5) is 12.4. The van der Waals surface area contributed by atoms with E-state index in [4.69, 9.17) is 4.42 Å². The third kappa shape index (κ3) is 4.28. The Kier molecular flexibility index (Phi) is 5.59. The van der Waals surface area contributed by atoms with Crippen molar-refractivity contribution >= 4 is 21.8 Å². The van der Waals surface area contributed by atoms with Crippen molar-refractivity contribution in [3.63, 3.8) is 0 Å². The average molecular weight is 403 g/mol. The standard InChI is InChI=1S/C18H21N5O4S/c1-4-23-10-9-15(22-23)17(24)19-18-21-20-16(27-18)11-13-5-7-14(8-6-13)28(25,26)12(2)3/h5-10,12H,4,11H2,1-3H3,(H,19,21,24). The van der Waals surface area contributed by atoms with Crippen molar-refractivity contribution in [3.8, 4) is 0 Å². The lowest BCUT2D eigenvalue weighted by Gasteiger charge is -2.08. The minimum absolute atomic E-state index is 0.0231. The van der Waals surface area contributed by atoms with E-state index in [2.05, 4.69) is 20.6 Å². The summed E-state index contributed by atoms with van der Waals surface area (Å²) in [6, 6.07) is 8.11. The quantitative estimate of drug-likeness (QED) is 0.643. The molecule has 2 aromatic heterocycles. The Balaban J connectivity index is 1.65. The fourth-order valence-electron chi connectivity index (χ4n) is 2.44. The van der Waals surface area contributed by atoms with Crippen LogP contribution >= 0.6 is 0 Å². The monoisotopic (exact) mass is 403 g/mol. The van der Waals surface area contributed by atoms with E-state index in [9.17, 15) is 13.2 Å². The number of sulfone groups is 1. The number of aromatic nitrogens is 4. The first kappa shape index (κ1) is 19.7. The number of nitrogens with one attached hydrogen (secondary N) is 1. The Bertz CT molecular complexity index is 1070. The topological polar surface area (TPSA) is 120 Å². The Labute approximate surface area is 162 Å². The third-order valence-electron chi connectivity index (χ3n) is 4.11. The van der Waals surface area contributed by atoms with E-state index in [-0.39, 0.29) is 16.6 Å². The molecule has 0 aliphatic heterocycles. The number of carbonyl (C=O) groups is 1. The molecule has 2 heterocycles. The molecular weight excluding hydrogens is 382 g/mol. The van der Waals surface area contributed by atoms with Crippen LogP contribution in [-0.4, -0.2) is 39.6 Å². The first-order valence-corrected chi connectivity index (χ1v) is 10.3. The number of hydrogen-bond acceptors (Lipinski definition) is 7. The molecule has 0 bridgehead atoms. The van der Waals surface area contributed by atoms with Crippen molar-refractivity contribution in [2.24, 2.45) is 0 Å². The van der Waals surface area contributed by atoms with Crippen molar-refractivity contribution in [3.05, 3.63) is 53.7 Å². The second kappa shape index (κ2) is 7.93. The maximum Gasteiger partial charge on any atom is 0.322 e. The minimum atomic E-state index is -3.31. The summed E-state index contributed by atoms with van der Waals surface area (Å²) in [5, 5.41) is 13.8. The summed E-state index contributed by atoms with van der Waals surface area (Å²) in [5.74, 6) is -0.139. The molecule has 3 rings (SSSR count). The average Bonchev–Trinajstić information content (AvgIpc) is 3.31. The van der Waals surface area contributed by atoms with Gasteiger partial charge in [0.1, 0.15) is 0 Å². The summed E-state index contributed by atoms with van der Waals surface area (Å²) >= 11 is 0. The molecule has 0 radical (unpaired) electrons. The van der Waals surface area contributed by atoms with Gasteiger partial charge in [0.2, 0.25) is 5.89 Å². The van der Waals surface area contributed by atoms with E-state index in [0.29, 0.717) is 18.9 Å². The van der Waals surface area contributed by atoms with Crippen LogP contribution in [0.2, 0.25) is 0 Å². The number of amides is 1. The van der Waals surface area contributed by atoms with Crippen LogP contribution in [0.4, 0.5) is 6.01 Å². The molecule has 0 saturated heterocycles. The van der Waals surface area contributed by atoms with Gasteiger partial charge in [-0.25, -0.2) is 8.42 Å². The summed E-state index contributed by atoms with van der Waals surface area (Å²) in [5.41, 5.74) is 1.06. The molecule has 1 N–H and O–H groups in total. The summed E-state index contributed by atoms with van der Waals surface area (Å²) in [7, 11) is -3.31. The molecule has 0 fully saturated rings. The second-order valence-corrected chi connectivity index (χ2v) is 8.93. The molecule has 0 aliphatic rings. The number of hydrogen-bond donors (Lipinski definition) is 1. The van der Waals surface area contributed by atoms with E-state index in [1.54, 1.807) is 55.1 Å². The first-order chi connectivity index (χ1) is 13.3. The zero-order valence-electron chi connectivity index (χ0n) is 15.8. The van der Waals surface area contributed by atoms with E-state index >= 15 is 0 Å². The minimum Gasteiger partial charge on any atom is -0.407 e. The van der Waals surface area contributed by atoms with Crippen molar-refractivity contribution in [1.29, 1.82) is 0 Å². The molecule has 0 unspecified atom stereocenters. The van der Waals surface area contributed by atoms with E-state index < -0.39 is 21.0 Å².